The molecule has 0 saturated carbocycles. The smallest absolute Gasteiger partial charge is 0.243 e. The summed E-state index contributed by atoms with van der Waals surface area (Å²) in [5, 5.41) is 0. The van der Waals surface area contributed by atoms with Crippen molar-refractivity contribution in [1.82, 2.24) is 9.21 Å². The van der Waals surface area contributed by atoms with Gasteiger partial charge in [0.1, 0.15) is 0 Å². The first-order valence-corrected chi connectivity index (χ1v) is 10.2. The second-order valence-corrected chi connectivity index (χ2v) is 9.47. The molecule has 0 bridgehead atoms. The van der Waals surface area contributed by atoms with E-state index in [0.717, 1.165) is 31.5 Å². The topological polar surface area (TPSA) is 49.9 Å². The maximum Gasteiger partial charge on any atom is 0.243 e. The Kier molecular flexibility index (Phi) is 5.30. The van der Waals surface area contributed by atoms with Crippen LogP contribution in [-0.4, -0.2) is 57.0 Å². The Morgan fingerprint density at radius 1 is 1.04 bits per heavy atom. The van der Waals surface area contributed by atoms with Crippen LogP contribution >= 0.6 is 0 Å². The Labute approximate surface area is 145 Å². The van der Waals surface area contributed by atoms with Gasteiger partial charge in [0.05, 0.1) is 18.1 Å². The minimum absolute atomic E-state index is 0.399. The second-order valence-electron chi connectivity index (χ2n) is 7.56. The summed E-state index contributed by atoms with van der Waals surface area (Å²) in [6.45, 7) is 9.20. The van der Waals surface area contributed by atoms with E-state index in [2.05, 4.69) is 18.7 Å². The van der Waals surface area contributed by atoms with Gasteiger partial charge < -0.3 is 4.74 Å². The van der Waals surface area contributed by atoms with Crippen LogP contribution in [0.2, 0.25) is 0 Å². The molecule has 1 aromatic rings. The fourth-order valence-corrected chi connectivity index (χ4v) is 4.99. The maximum atomic E-state index is 13.0. The number of rotatable bonds is 4. The van der Waals surface area contributed by atoms with Crippen molar-refractivity contribution in [2.45, 2.75) is 38.1 Å². The predicted octanol–water partition coefficient (Wildman–Crippen LogP) is 2.33. The fraction of sp³-hybridized carbons (Fsp3) is 0.667. The normalized spacial score (nSPS) is 23.2. The second kappa shape index (κ2) is 7.12. The zero-order chi connectivity index (χ0) is 17.2. The molecule has 6 heteroatoms. The summed E-state index contributed by atoms with van der Waals surface area (Å²) in [4.78, 5) is 2.83. The number of likely N-dealkylation sites (tertiary alicyclic amines) is 1. The molecule has 0 spiro atoms. The van der Waals surface area contributed by atoms with Crippen molar-refractivity contribution in [2.75, 3.05) is 39.4 Å². The van der Waals surface area contributed by atoms with Crippen molar-refractivity contribution in [2.24, 2.45) is 5.41 Å². The molecule has 2 heterocycles. The summed E-state index contributed by atoms with van der Waals surface area (Å²) in [5.74, 6) is 0. The lowest BCUT2D eigenvalue weighted by molar-refractivity contribution is 0.0729. The van der Waals surface area contributed by atoms with E-state index < -0.39 is 10.0 Å². The molecule has 2 saturated heterocycles. The average molecular weight is 353 g/mol. The Hall–Kier alpha value is -0.950. The number of sulfonamides is 1. The highest BCUT2D eigenvalue weighted by Crippen LogP contribution is 2.31. The van der Waals surface area contributed by atoms with Crippen LogP contribution in [0.25, 0.3) is 0 Å². The van der Waals surface area contributed by atoms with Gasteiger partial charge in [-0.3, -0.25) is 4.90 Å². The van der Waals surface area contributed by atoms with Crippen molar-refractivity contribution in [3.63, 3.8) is 0 Å². The highest BCUT2D eigenvalue weighted by molar-refractivity contribution is 7.89. The van der Waals surface area contributed by atoms with Crippen LogP contribution in [0.15, 0.2) is 29.2 Å². The predicted molar refractivity (Wildman–Crippen MR) is 94.3 cm³/mol. The molecular weight excluding hydrogens is 324 g/mol. The third-order valence-corrected chi connectivity index (χ3v) is 7.16. The minimum atomic E-state index is -3.44. The summed E-state index contributed by atoms with van der Waals surface area (Å²) in [7, 11) is -3.44. The molecule has 24 heavy (non-hydrogen) atoms. The highest BCUT2D eigenvalue weighted by atomic mass is 32.2. The molecular formula is C18H28N2O3S. The first kappa shape index (κ1) is 17.9. The minimum Gasteiger partial charge on any atom is -0.379 e. The van der Waals surface area contributed by atoms with Crippen LogP contribution in [-0.2, 0) is 21.3 Å². The van der Waals surface area contributed by atoms with E-state index in [-0.39, 0.29) is 0 Å². The van der Waals surface area contributed by atoms with Crippen LogP contribution in [0.5, 0.6) is 0 Å². The van der Waals surface area contributed by atoms with Gasteiger partial charge in [0.15, 0.2) is 0 Å². The van der Waals surface area contributed by atoms with E-state index >= 15 is 0 Å². The first-order chi connectivity index (χ1) is 11.4. The Bertz CT molecular complexity index is 657. The number of hydrogen-bond donors (Lipinski definition) is 0. The number of morpholine rings is 1. The standard InChI is InChI=1S/C18H28N2O3S/c1-18(2)7-9-19(10-8-18)15-16-5-3-4-6-17(16)24(21,22)20-11-13-23-14-12-20/h3-6H,7-15H2,1-2H3. The molecule has 0 aromatic heterocycles. The third-order valence-electron chi connectivity index (χ3n) is 5.16. The van der Waals surface area contributed by atoms with Gasteiger partial charge in [0.25, 0.3) is 0 Å². The van der Waals surface area contributed by atoms with Crippen LogP contribution in [0.4, 0.5) is 0 Å². The molecule has 2 fully saturated rings. The average Bonchev–Trinajstić information content (AvgIpc) is 2.58. The van der Waals surface area contributed by atoms with E-state index in [1.54, 1.807) is 10.4 Å². The van der Waals surface area contributed by atoms with Crippen molar-refractivity contribution in [3.05, 3.63) is 29.8 Å². The summed E-state index contributed by atoms with van der Waals surface area (Å²) in [5.41, 5.74) is 1.30. The molecule has 0 N–H and O–H groups in total. The summed E-state index contributed by atoms with van der Waals surface area (Å²) < 4.78 is 32.8. The van der Waals surface area contributed by atoms with Crippen molar-refractivity contribution >= 4 is 10.0 Å². The highest BCUT2D eigenvalue weighted by Gasteiger charge is 2.30. The maximum absolute atomic E-state index is 13.0. The molecule has 5 nitrogen and oxygen atoms in total. The molecule has 2 aliphatic heterocycles. The van der Waals surface area contributed by atoms with E-state index in [4.69, 9.17) is 4.74 Å². The Morgan fingerprint density at radius 3 is 2.33 bits per heavy atom. The first-order valence-electron chi connectivity index (χ1n) is 8.77. The van der Waals surface area contributed by atoms with Crippen molar-refractivity contribution in [1.29, 1.82) is 0 Å². The molecule has 0 aliphatic carbocycles. The van der Waals surface area contributed by atoms with Gasteiger partial charge in [-0.25, -0.2) is 8.42 Å². The van der Waals surface area contributed by atoms with Crippen molar-refractivity contribution < 1.29 is 13.2 Å². The number of piperidine rings is 1. The number of benzene rings is 1. The lowest BCUT2D eigenvalue weighted by Crippen LogP contribution is -2.41. The molecule has 0 radical (unpaired) electrons. The van der Waals surface area contributed by atoms with Crippen LogP contribution in [0, 0.1) is 5.41 Å². The SMILES string of the molecule is CC1(C)CCN(Cc2ccccc2S(=O)(=O)N2CCOCC2)CC1. The molecule has 134 valence electrons. The van der Waals surface area contributed by atoms with Gasteiger partial charge in [-0.15, -0.1) is 0 Å². The quantitative estimate of drug-likeness (QED) is 0.834. The van der Waals surface area contributed by atoms with Gasteiger partial charge in [-0.05, 0) is 43.0 Å². The third kappa shape index (κ3) is 3.99. The molecule has 0 unspecified atom stereocenters. The number of hydrogen-bond acceptors (Lipinski definition) is 4. The summed E-state index contributed by atoms with van der Waals surface area (Å²) in [6.07, 6.45) is 2.32. The van der Waals surface area contributed by atoms with Gasteiger partial charge in [0.2, 0.25) is 10.0 Å². The van der Waals surface area contributed by atoms with Crippen LogP contribution in [0.1, 0.15) is 32.3 Å². The Balaban J connectivity index is 1.78. The lowest BCUT2D eigenvalue weighted by Gasteiger charge is -2.37. The molecule has 0 amide bonds. The van der Waals surface area contributed by atoms with E-state index in [0.29, 0.717) is 43.2 Å². The summed E-state index contributed by atoms with van der Waals surface area (Å²) in [6, 6.07) is 7.44. The van der Waals surface area contributed by atoms with Gasteiger partial charge in [-0.1, -0.05) is 32.0 Å². The van der Waals surface area contributed by atoms with E-state index in [1.807, 2.05) is 18.2 Å². The molecule has 0 atom stereocenters. The van der Waals surface area contributed by atoms with Crippen molar-refractivity contribution in [3.8, 4) is 0 Å². The molecule has 2 aliphatic rings. The largest absolute Gasteiger partial charge is 0.379 e. The van der Waals surface area contributed by atoms with Crippen LogP contribution in [0.3, 0.4) is 0 Å². The molecule has 1 aromatic carbocycles. The monoisotopic (exact) mass is 352 g/mol. The van der Waals surface area contributed by atoms with Gasteiger partial charge >= 0.3 is 0 Å². The fourth-order valence-electron chi connectivity index (χ4n) is 3.37. The molecule has 3 rings (SSSR count). The summed E-state index contributed by atoms with van der Waals surface area (Å²) >= 11 is 0. The van der Waals surface area contributed by atoms with Gasteiger partial charge in [0, 0.05) is 19.6 Å². The lowest BCUT2D eigenvalue weighted by atomic mass is 9.82. The van der Waals surface area contributed by atoms with E-state index in [1.165, 1.54) is 0 Å². The van der Waals surface area contributed by atoms with Crippen LogP contribution < -0.4 is 0 Å². The zero-order valence-electron chi connectivity index (χ0n) is 14.7. The number of ether oxygens (including phenoxy) is 1. The number of nitrogens with zero attached hydrogens (tertiary/aromatic N) is 2. The zero-order valence-corrected chi connectivity index (χ0v) is 15.5. The van der Waals surface area contributed by atoms with Gasteiger partial charge in [-0.2, -0.15) is 4.31 Å². The Morgan fingerprint density at radius 2 is 1.67 bits per heavy atom. The van der Waals surface area contributed by atoms with E-state index in [9.17, 15) is 8.42 Å².